The van der Waals surface area contributed by atoms with E-state index in [0.29, 0.717) is 39.1 Å². The summed E-state index contributed by atoms with van der Waals surface area (Å²) in [4.78, 5) is 31.4. The van der Waals surface area contributed by atoms with Crippen molar-refractivity contribution >= 4 is 32.5 Å². The number of hydrogen-bond acceptors (Lipinski definition) is 6. The molecule has 182 valence electrons. The smallest absolute Gasteiger partial charge is 0.355 e. The van der Waals surface area contributed by atoms with E-state index >= 15 is 0 Å². The van der Waals surface area contributed by atoms with Crippen molar-refractivity contribution in [3.05, 3.63) is 76.5 Å². The van der Waals surface area contributed by atoms with E-state index in [1.807, 2.05) is 18.2 Å². The van der Waals surface area contributed by atoms with Gasteiger partial charge in [0.1, 0.15) is 17.2 Å². The Bertz CT molecular complexity index is 1560. The quantitative estimate of drug-likeness (QED) is 0.307. The summed E-state index contributed by atoms with van der Waals surface area (Å²) in [5.74, 6) is 0.0664. The molecule has 2 aromatic carbocycles. The first kappa shape index (κ1) is 24.1. The maximum atomic E-state index is 12.9. The maximum Gasteiger partial charge on any atom is 0.355 e. The molecule has 0 aliphatic heterocycles. The van der Waals surface area contributed by atoms with Crippen LogP contribution in [0.3, 0.4) is 0 Å². The van der Waals surface area contributed by atoms with E-state index in [-0.39, 0.29) is 23.7 Å². The van der Waals surface area contributed by atoms with Gasteiger partial charge in [-0.2, -0.15) is 0 Å². The number of aryl methyl sites for hydroxylation is 1. The van der Waals surface area contributed by atoms with Gasteiger partial charge in [-0.3, -0.25) is 9.52 Å². The Morgan fingerprint density at radius 3 is 2.51 bits per heavy atom. The lowest BCUT2D eigenvalue weighted by atomic mass is 9.97. The normalized spacial score (nSPS) is 11.4. The number of esters is 1. The molecule has 0 bridgehead atoms. The fraction of sp³-hybridized carbons (Fsp3) is 0.200. The maximum absolute atomic E-state index is 12.9. The van der Waals surface area contributed by atoms with Crippen molar-refractivity contribution in [1.29, 1.82) is 0 Å². The summed E-state index contributed by atoms with van der Waals surface area (Å²) >= 11 is 0. The van der Waals surface area contributed by atoms with Gasteiger partial charge in [-0.25, -0.2) is 13.2 Å². The standard InChI is InChI=1S/C25H25N3O6S/c1-4-33-25(30)23-22(19-14-26-15(3)21(19)24(29)27-23)18-13-16(28-35(31,32)5-2)11-12-20(18)34-17-9-7-6-8-10-17/h6-14,26,28H,4-5H2,1-3H3,(H,27,29). The largest absolute Gasteiger partial charge is 0.461 e. The minimum Gasteiger partial charge on any atom is -0.461 e. The van der Waals surface area contributed by atoms with Crippen LogP contribution in [0.1, 0.15) is 30.0 Å². The fourth-order valence-electron chi connectivity index (χ4n) is 3.77. The average molecular weight is 496 g/mol. The highest BCUT2D eigenvalue weighted by Gasteiger charge is 2.25. The fourth-order valence-corrected chi connectivity index (χ4v) is 4.40. The Balaban J connectivity index is 2.03. The van der Waals surface area contributed by atoms with E-state index in [4.69, 9.17) is 9.47 Å². The molecular weight excluding hydrogens is 470 g/mol. The average Bonchev–Trinajstić information content (AvgIpc) is 3.23. The number of nitrogens with one attached hydrogen (secondary N) is 3. The van der Waals surface area contributed by atoms with Crippen LogP contribution in [0, 0.1) is 6.92 Å². The Morgan fingerprint density at radius 2 is 1.83 bits per heavy atom. The van der Waals surface area contributed by atoms with Gasteiger partial charge in [-0.15, -0.1) is 0 Å². The summed E-state index contributed by atoms with van der Waals surface area (Å²) in [6.07, 6.45) is 1.63. The number of carbonyl (C=O) groups is 1. The summed E-state index contributed by atoms with van der Waals surface area (Å²) in [5.41, 5.74) is 1.14. The lowest BCUT2D eigenvalue weighted by molar-refractivity contribution is 0.0520. The van der Waals surface area contributed by atoms with Crippen molar-refractivity contribution in [2.45, 2.75) is 20.8 Å². The summed E-state index contributed by atoms with van der Waals surface area (Å²) in [5, 5.41) is 0.848. The van der Waals surface area contributed by atoms with Crippen molar-refractivity contribution in [2.75, 3.05) is 17.1 Å². The van der Waals surface area contributed by atoms with Crippen LogP contribution in [-0.4, -0.2) is 36.7 Å². The van der Waals surface area contributed by atoms with Crippen LogP contribution < -0.4 is 15.0 Å². The first-order valence-electron chi connectivity index (χ1n) is 11.0. The predicted octanol–water partition coefficient (Wildman–Crippen LogP) is 4.56. The van der Waals surface area contributed by atoms with Crippen molar-refractivity contribution < 1.29 is 22.7 Å². The molecule has 0 unspecified atom stereocenters. The Kier molecular flexibility index (Phi) is 6.65. The Labute approximate surface area is 202 Å². The minimum absolute atomic E-state index is 0.0586. The minimum atomic E-state index is -3.57. The number of sulfonamides is 1. The third kappa shape index (κ3) is 4.92. The molecule has 0 spiro atoms. The number of hydrogen-bond donors (Lipinski definition) is 3. The lowest BCUT2D eigenvalue weighted by Gasteiger charge is -2.17. The number of H-pyrrole nitrogens is 2. The zero-order valence-electron chi connectivity index (χ0n) is 19.5. The van der Waals surface area contributed by atoms with Crippen molar-refractivity contribution in [3.63, 3.8) is 0 Å². The van der Waals surface area contributed by atoms with Crippen molar-refractivity contribution in [3.8, 4) is 22.6 Å². The molecule has 0 aliphatic rings. The van der Waals surface area contributed by atoms with Crippen LogP contribution in [-0.2, 0) is 14.8 Å². The van der Waals surface area contributed by atoms with Gasteiger partial charge in [-0.1, -0.05) is 18.2 Å². The number of aromatic nitrogens is 2. The number of ether oxygens (including phenoxy) is 2. The van der Waals surface area contributed by atoms with Crippen molar-refractivity contribution in [2.24, 2.45) is 0 Å². The molecular formula is C25H25N3O6S. The second kappa shape index (κ2) is 9.67. The molecule has 0 aliphatic carbocycles. The number of pyridine rings is 1. The number of fused-ring (bicyclic) bond motifs is 1. The zero-order valence-corrected chi connectivity index (χ0v) is 20.3. The zero-order chi connectivity index (χ0) is 25.2. The topological polar surface area (TPSA) is 130 Å². The van der Waals surface area contributed by atoms with Gasteiger partial charge in [0.2, 0.25) is 10.0 Å². The molecule has 0 saturated heterocycles. The van der Waals surface area contributed by atoms with Crippen LogP contribution in [0.15, 0.2) is 59.5 Å². The van der Waals surface area contributed by atoms with E-state index in [1.54, 1.807) is 50.4 Å². The molecule has 0 amide bonds. The molecule has 4 aromatic rings. The van der Waals surface area contributed by atoms with Gasteiger partial charge in [0.05, 0.1) is 17.7 Å². The van der Waals surface area contributed by atoms with Crippen LogP contribution in [0.25, 0.3) is 21.9 Å². The second-order valence-electron chi connectivity index (χ2n) is 7.76. The summed E-state index contributed by atoms with van der Waals surface area (Å²) in [6, 6.07) is 13.8. The molecule has 9 nitrogen and oxygen atoms in total. The number of aromatic amines is 2. The monoisotopic (exact) mass is 495 g/mol. The van der Waals surface area contributed by atoms with E-state index in [9.17, 15) is 18.0 Å². The highest BCUT2D eigenvalue weighted by Crippen LogP contribution is 2.40. The van der Waals surface area contributed by atoms with E-state index in [0.717, 1.165) is 0 Å². The van der Waals surface area contributed by atoms with Gasteiger partial charge < -0.3 is 19.4 Å². The van der Waals surface area contributed by atoms with Crippen LogP contribution in [0.2, 0.25) is 0 Å². The van der Waals surface area contributed by atoms with Crippen LogP contribution in [0.5, 0.6) is 11.5 Å². The van der Waals surface area contributed by atoms with Gasteiger partial charge in [0.15, 0.2) is 0 Å². The molecule has 4 rings (SSSR count). The number of para-hydroxylation sites is 1. The van der Waals surface area contributed by atoms with E-state index in [2.05, 4.69) is 14.7 Å². The second-order valence-corrected chi connectivity index (χ2v) is 9.77. The highest BCUT2D eigenvalue weighted by atomic mass is 32.2. The number of anilines is 1. The third-order valence-corrected chi connectivity index (χ3v) is 6.72. The number of rotatable bonds is 8. The number of carbonyl (C=O) groups excluding carboxylic acids is 1. The first-order valence-corrected chi connectivity index (χ1v) is 12.7. The van der Waals surface area contributed by atoms with Gasteiger partial charge >= 0.3 is 5.97 Å². The predicted molar refractivity (Wildman–Crippen MR) is 135 cm³/mol. The highest BCUT2D eigenvalue weighted by molar-refractivity contribution is 7.92. The summed E-state index contributed by atoms with van der Waals surface area (Å²) in [6.45, 7) is 5.05. The molecule has 0 atom stereocenters. The molecule has 3 N–H and O–H groups in total. The Morgan fingerprint density at radius 1 is 1.09 bits per heavy atom. The van der Waals surface area contributed by atoms with Crippen LogP contribution in [0.4, 0.5) is 5.69 Å². The molecule has 0 fully saturated rings. The SMILES string of the molecule is CCOC(=O)c1[nH]c(=O)c2c(C)[nH]cc2c1-c1cc(NS(=O)(=O)CC)ccc1Oc1ccccc1. The van der Waals surface area contributed by atoms with Crippen molar-refractivity contribution in [1.82, 2.24) is 9.97 Å². The molecule has 2 aromatic heterocycles. The molecule has 0 radical (unpaired) electrons. The van der Waals surface area contributed by atoms with Gasteiger partial charge in [0.25, 0.3) is 5.56 Å². The lowest BCUT2D eigenvalue weighted by Crippen LogP contribution is -2.18. The Hall–Kier alpha value is -4.05. The summed E-state index contributed by atoms with van der Waals surface area (Å²) in [7, 11) is -3.57. The van der Waals surface area contributed by atoms with E-state index in [1.165, 1.54) is 6.92 Å². The number of benzene rings is 2. The summed E-state index contributed by atoms with van der Waals surface area (Å²) < 4.78 is 38.4. The van der Waals surface area contributed by atoms with Gasteiger partial charge in [0, 0.05) is 34.1 Å². The van der Waals surface area contributed by atoms with Crippen LogP contribution >= 0.6 is 0 Å². The first-order chi connectivity index (χ1) is 16.7. The van der Waals surface area contributed by atoms with E-state index < -0.39 is 21.6 Å². The molecule has 10 heteroatoms. The molecule has 0 saturated carbocycles. The van der Waals surface area contributed by atoms with Gasteiger partial charge in [-0.05, 0) is 51.1 Å². The molecule has 35 heavy (non-hydrogen) atoms. The third-order valence-electron chi connectivity index (χ3n) is 5.42. The molecule has 2 heterocycles.